The van der Waals surface area contributed by atoms with Crippen LogP contribution in [0.3, 0.4) is 0 Å². The van der Waals surface area contributed by atoms with Gasteiger partial charge in [0.05, 0.1) is 5.92 Å². The molecule has 0 radical (unpaired) electrons. The molecule has 0 saturated carbocycles. The Bertz CT molecular complexity index is 498. The van der Waals surface area contributed by atoms with Gasteiger partial charge in [0.1, 0.15) is 5.25 Å². The van der Waals surface area contributed by atoms with Crippen molar-refractivity contribution >= 4 is 9.84 Å². The van der Waals surface area contributed by atoms with E-state index in [-0.39, 0.29) is 17.8 Å². The van der Waals surface area contributed by atoms with Crippen LogP contribution in [0.4, 0.5) is 0 Å². The molecule has 3 atom stereocenters. The summed E-state index contributed by atoms with van der Waals surface area (Å²) >= 11 is 0. The molecule has 7 heteroatoms. The van der Waals surface area contributed by atoms with Crippen molar-refractivity contribution in [1.82, 2.24) is 15.5 Å². The lowest BCUT2D eigenvalue weighted by Crippen LogP contribution is -2.31. The van der Waals surface area contributed by atoms with E-state index in [2.05, 4.69) is 22.4 Å². The molecule has 1 rings (SSSR count). The fourth-order valence-corrected chi connectivity index (χ4v) is 2.44. The molecule has 0 amide bonds. The summed E-state index contributed by atoms with van der Waals surface area (Å²) in [7, 11) is -3.21. The Morgan fingerprint density at radius 1 is 1.32 bits per heavy atom. The first-order valence-electron chi connectivity index (χ1n) is 6.56. The largest absolute Gasteiger partial charge is 0.339 e. The van der Waals surface area contributed by atoms with E-state index >= 15 is 0 Å². The Labute approximate surface area is 114 Å². The molecule has 1 aromatic rings. The molecule has 6 nitrogen and oxygen atoms in total. The van der Waals surface area contributed by atoms with Gasteiger partial charge in [-0.2, -0.15) is 4.98 Å². The van der Waals surface area contributed by atoms with Gasteiger partial charge in [0.15, 0.2) is 15.7 Å². The van der Waals surface area contributed by atoms with E-state index in [0.29, 0.717) is 5.89 Å². The van der Waals surface area contributed by atoms with Gasteiger partial charge in [0.25, 0.3) is 0 Å². The third-order valence-corrected chi connectivity index (χ3v) is 4.85. The number of hydrogen-bond donors (Lipinski definition) is 1. The maximum atomic E-state index is 11.5. The highest BCUT2D eigenvalue weighted by Crippen LogP contribution is 2.25. The summed E-state index contributed by atoms with van der Waals surface area (Å²) in [5, 5.41) is 6.38. The fraction of sp³-hybridized carbons (Fsp3) is 0.833. The van der Waals surface area contributed by atoms with Crippen molar-refractivity contribution in [1.29, 1.82) is 0 Å². The Morgan fingerprint density at radius 3 is 2.42 bits per heavy atom. The molecule has 19 heavy (non-hydrogen) atoms. The number of nitrogens with zero attached hydrogens (tertiary/aromatic N) is 2. The molecule has 0 aliphatic rings. The molecular formula is C12H23N3O3S. The van der Waals surface area contributed by atoms with Crippen molar-refractivity contribution < 1.29 is 12.9 Å². The lowest BCUT2D eigenvalue weighted by Gasteiger charge is -2.19. The van der Waals surface area contributed by atoms with Crippen molar-refractivity contribution in [2.45, 2.75) is 51.3 Å². The summed E-state index contributed by atoms with van der Waals surface area (Å²) in [4.78, 5) is 4.25. The molecule has 3 unspecified atom stereocenters. The van der Waals surface area contributed by atoms with Crippen LogP contribution in [0.5, 0.6) is 0 Å². The highest BCUT2D eigenvalue weighted by Gasteiger charge is 2.27. The second-order valence-electron chi connectivity index (χ2n) is 4.82. The maximum Gasteiger partial charge on any atom is 0.231 e. The molecule has 1 heterocycles. The van der Waals surface area contributed by atoms with Crippen LogP contribution in [0.25, 0.3) is 0 Å². The summed E-state index contributed by atoms with van der Waals surface area (Å²) in [5.74, 6) is 0.828. The van der Waals surface area contributed by atoms with Gasteiger partial charge >= 0.3 is 0 Å². The lowest BCUT2D eigenvalue weighted by molar-refractivity contribution is 0.315. The van der Waals surface area contributed by atoms with Gasteiger partial charge in [-0.3, -0.25) is 0 Å². The van der Waals surface area contributed by atoms with Gasteiger partial charge in [0.2, 0.25) is 5.89 Å². The monoisotopic (exact) mass is 289 g/mol. The molecule has 0 saturated heterocycles. The van der Waals surface area contributed by atoms with Gasteiger partial charge in [-0.05, 0) is 26.8 Å². The number of rotatable bonds is 7. The van der Waals surface area contributed by atoms with Crippen molar-refractivity contribution in [2.24, 2.45) is 0 Å². The summed E-state index contributed by atoms with van der Waals surface area (Å²) in [5.41, 5.74) is 0. The van der Waals surface area contributed by atoms with Gasteiger partial charge in [-0.25, -0.2) is 8.42 Å². The maximum absolute atomic E-state index is 11.5. The molecular weight excluding hydrogens is 266 g/mol. The van der Waals surface area contributed by atoms with Gasteiger partial charge < -0.3 is 9.84 Å². The minimum atomic E-state index is -3.21. The number of sulfone groups is 1. The van der Waals surface area contributed by atoms with Crippen LogP contribution in [-0.2, 0) is 9.84 Å². The first-order valence-corrected chi connectivity index (χ1v) is 8.52. The van der Waals surface area contributed by atoms with Crippen LogP contribution in [0, 0.1) is 0 Å². The third-order valence-electron chi connectivity index (χ3n) is 3.35. The molecule has 0 aromatic carbocycles. The van der Waals surface area contributed by atoms with E-state index in [1.165, 1.54) is 6.26 Å². The Morgan fingerprint density at radius 2 is 1.95 bits per heavy atom. The van der Waals surface area contributed by atoms with Crippen molar-refractivity contribution in [3.8, 4) is 0 Å². The van der Waals surface area contributed by atoms with E-state index in [0.717, 1.165) is 13.0 Å². The normalized spacial score (nSPS) is 17.1. The number of aromatic nitrogens is 2. The van der Waals surface area contributed by atoms with E-state index in [9.17, 15) is 8.42 Å². The Kier molecular flexibility index (Phi) is 5.49. The standard InChI is InChI=1S/C12H23N3O3S/c1-6-10(8(3)13-7-2)12-14-11(15-18-12)9(4)19(5,16)17/h8-10,13H,6-7H2,1-5H3. The number of nitrogens with one attached hydrogen (secondary N) is 1. The predicted octanol–water partition coefficient (Wildman–Crippen LogP) is 1.67. The predicted molar refractivity (Wildman–Crippen MR) is 73.7 cm³/mol. The third kappa shape index (κ3) is 4.01. The fourth-order valence-electron chi connectivity index (χ4n) is 1.96. The summed E-state index contributed by atoms with van der Waals surface area (Å²) in [6.07, 6.45) is 2.02. The van der Waals surface area contributed by atoms with Gasteiger partial charge in [-0.1, -0.05) is 19.0 Å². The lowest BCUT2D eigenvalue weighted by atomic mass is 9.98. The zero-order chi connectivity index (χ0) is 14.6. The van der Waals surface area contributed by atoms with Crippen LogP contribution in [0.1, 0.15) is 57.0 Å². The molecule has 1 aromatic heterocycles. The molecule has 0 spiro atoms. The first kappa shape index (κ1) is 16.1. The molecule has 0 aliphatic heterocycles. The van der Waals surface area contributed by atoms with Crippen LogP contribution < -0.4 is 5.32 Å². The van der Waals surface area contributed by atoms with E-state index in [1.54, 1.807) is 6.92 Å². The Balaban J connectivity index is 2.94. The van der Waals surface area contributed by atoms with E-state index in [4.69, 9.17) is 4.52 Å². The second-order valence-corrected chi connectivity index (χ2v) is 7.19. The molecule has 0 bridgehead atoms. The van der Waals surface area contributed by atoms with E-state index in [1.807, 2.05) is 13.8 Å². The van der Waals surface area contributed by atoms with Crippen LogP contribution in [0.15, 0.2) is 4.52 Å². The second kappa shape index (κ2) is 6.47. The number of likely N-dealkylation sites (N-methyl/N-ethyl adjacent to an activating group) is 1. The quantitative estimate of drug-likeness (QED) is 0.821. The van der Waals surface area contributed by atoms with Crippen LogP contribution in [0.2, 0.25) is 0 Å². The zero-order valence-corrected chi connectivity index (χ0v) is 13.0. The Hall–Kier alpha value is -0.950. The van der Waals surface area contributed by atoms with Crippen LogP contribution in [-0.4, -0.2) is 37.4 Å². The molecule has 0 aliphatic carbocycles. The van der Waals surface area contributed by atoms with Crippen molar-refractivity contribution in [3.05, 3.63) is 11.7 Å². The SMILES string of the molecule is CCNC(C)C(CC)c1nc(C(C)S(C)(=O)=O)no1. The zero-order valence-electron chi connectivity index (χ0n) is 12.2. The highest BCUT2D eigenvalue weighted by atomic mass is 32.2. The summed E-state index contributed by atoms with van der Waals surface area (Å²) in [6, 6.07) is 0.205. The summed E-state index contributed by atoms with van der Waals surface area (Å²) in [6.45, 7) is 8.56. The molecule has 0 fully saturated rings. The van der Waals surface area contributed by atoms with Crippen molar-refractivity contribution in [3.63, 3.8) is 0 Å². The molecule has 110 valence electrons. The first-order chi connectivity index (χ1) is 8.81. The number of hydrogen-bond acceptors (Lipinski definition) is 6. The minimum absolute atomic E-state index is 0.0907. The van der Waals surface area contributed by atoms with Crippen molar-refractivity contribution in [2.75, 3.05) is 12.8 Å². The van der Waals surface area contributed by atoms with Crippen LogP contribution >= 0.6 is 0 Å². The average Bonchev–Trinajstić information content (AvgIpc) is 2.77. The molecule has 1 N–H and O–H groups in total. The minimum Gasteiger partial charge on any atom is -0.339 e. The highest BCUT2D eigenvalue weighted by molar-refractivity contribution is 7.90. The average molecular weight is 289 g/mol. The topological polar surface area (TPSA) is 85.1 Å². The van der Waals surface area contributed by atoms with Gasteiger partial charge in [-0.15, -0.1) is 0 Å². The van der Waals surface area contributed by atoms with Gasteiger partial charge in [0, 0.05) is 12.3 Å². The summed E-state index contributed by atoms with van der Waals surface area (Å²) < 4.78 is 28.2. The van der Waals surface area contributed by atoms with E-state index < -0.39 is 15.1 Å². The smallest absolute Gasteiger partial charge is 0.231 e.